The third kappa shape index (κ3) is 4.02. The van der Waals surface area contributed by atoms with Gasteiger partial charge in [-0.2, -0.15) is 0 Å². The van der Waals surface area contributed by atoms with E-state index in [2.05, 4.69) is 31.6 Å². The second kappa shape index (κ2) is 8.55. The molecule has 154 valence electrons. The number of carbonyl (C=O) groups excluding carboxylic acids is 1. The van der Waals surface area contributed by atoms with E-state index in [4.69, 9.17) is 0 Å². The van der Waals surface area contributed by atoms with Gasteiger partial charge in [-0.3, -0.25) is 0 Å². The topological polar surface area (TPSA) is 73.4 Å². The fourth-order valence-electron chi connectivity index (χ4n) is 4.57. The van der Waals surface area contributed by atoms with E-state index in [0.29, 0.717) is 12.5 Å². The molecule has 1 fully saturated rings. The van der Waals surface area contributed by atoms with Gasteiger partial charge in [-0.25, -0.2) is 14.8 Å². The molecule has 4 heterocycles. The summed E-state index contributed by atoms with van der Waals surface area (Å²) in [6.45, 7) is 5.34. The summed E-state index contributed by atoms with van der Waals surface area (Å²) in [6.07, 6.45) is 4.85. The predicted octanol–water partition coefficient (Wildman–Crippen LogP) is 2.81. The van der Waals surface area contributed by atoms with Crippen molar-refractivity contribution in [1.29, 1.82) is 0 Å². The fourth-order valence-corrected chi connectivity index (χ4v) is 4.57. The summed E-state index contributed by atoms with van der Waals surface area (Å²) < 4.78 is 0. The Morgan fingerprint density at radius 2 is 1.97 bits per heavy atom. The molecule has 2 amide bonds. The fraction of sp³-hybridized carbons (Fsp3) is 0.476. The number of nitrogens with one attached hydrogen (secondary N) is 2. The van der Waals surface area contributed by atoms with Crippen LogP contribution < -0.4 is 15.5 Å². The van der Waals surface area contributed by atoms with Crippen LogP contribution in [0.4, 0.5) is 16.3 Å². The maximum atomic E-state index is 12.5. The maximum absolute atomic E-state index is 12.5. The molecule has 0 unspecified atom stereocenters. The van der Waals surface area contributed by atoms with E-state index in [1.165, 1.54) is 16.8 Å². The molecule has 1 aromatic heterocycles. The average Bonchev–Trinajstić information content (AvgIpc) is 2.74. The SMILES string of the molecule is Cl.O=C1Nc2ccccc2CN1CC1CCN(c2ncnc3c2CNCC3)CC1. The van der Waals surface area contributed by atoms with Gasteiger partial charge in [0.15, 0.2) is 0 Å². The zero-order valence-electron chi connectivity index (χ0n) is 16.4. The molecule has 7 nitrogen and oxygen atoms in total. The van der Waals surface area contributed by atoms with E-state index >= 15 is 0 Å². The Morgan fingerprint density at radius 3 is 2.83 bits per heavy atom. The van der Waals surface area contributed by atoms with E-state index in [1.807, 2.05) is 23.1 Å². The van der Waals surface area contributed by atoms with Crippen molar-refractivity contribution in [2.75, 3.05) is 36.4 Å². The number of fused-ring (bicyclic) bond motifs is 2. The number of anilines is 2. The van der Waals surface area contributed by atoms with Crippen molar-refractivity contribution in [1.82, 2.24) is 20.2 Å². The molecule has 0 atom stereocenters. The van der Waals surface area contributed by atoms with Crippen molar-refractivity contribution < 1.29 is 4.79 Å². The van der Waals surface area contributed by atoms with Crippen LogP contribution in [0.2, 0.25) is 0 Å². The third-order valence-corrected chi connectivity index (χ3v) is 6.15. The number of rotatable bonds is 3. The molecule has 0 spiro atoms. The van der Waals surface area contributed by atoms with Gasteiger partial charge in [0.25, 0.3) is 0 Å². The minimum Gasteiger partial charge on any atom is -0.356 e. The van der Waals surface area contributed by atoms with Crippen molar-refractivity contribution in [3.8, 4) is 0 Å². The largest absolute Gasteiger partial charge is 0.356 e. The Kier molecular flexibility index (Phi) is 5.87. The Hall–Kier alpha value is -2.38. The molecule has 2 N–H and O–H groups in total. The lowest BCUT2D eigenvalue weighted by molar-refractivity contribution is 0.188. The Balaban J connectivity index is 0.00000205. The smallest absolute Gasteiger partial charge is 0.322 e. The van der Waals surface area contributed by atoms with Crippen LogP contribution >= 0.6 is 12.4 Å². The number of hydrogen-bond acceptors (Lipinski definition) is 5. The van der Waals surface area contributed by atoms with Crippen LogP contribution in [0.25, 0.3) is 0 Å². The number of hydrogen-bond donors (Lipinski definition) is 2. The number of para-hydroxylation sites is 1. The molecule has 1 saturated heterocycles. The maximum Gasteiger partial charge on any atom is 0.322 e. The number of halogens is 1. The molecule has 3 aliphatic rings. The minimum atomic E-state index is 0. The summed E-state index contributed by atoms with van der Waals surface area (Å²) in [7, 11) is 0. The first-order valence-electron chi connectivity index (χ1n) is 10.2. The Morgan fingerprint density at radius 1 is 1.14 bits per heavy atom. The predicted molar refractivity (Wildman–Crippen MR) is 115 cm³/mol. The molecule has 0 aliphatic carbocycles. The highest BCUT2D eigenvalue weighted by molar-refractivity contribution is 5.92. The highest BCUT2D eigenvalue weighted by Gasteiger charge is 2.28. The summed E-state index contributed by atoms with van der Waals surface area (Å²) in [6, 6.07) is 8.09. The summed E-state index contributed by atoms with van der Waals surface area (Å²) in [5.74, 6) is 1.63. The summed E-state index contributed by atoms with van der Waals surface area (Å²) in [4.78, 5) is 25.9. The Bertz CT molecular complexity index is 883. The van der Waals surface area contributed by atoms with Crippen LogP contribution in [0.1, 0.15) is 29.7 Å². The zero-order valence-corrected chi connectivity index (χ0v) is 17.2. The van der Waals surface area contributed by atoms with Crippen LogP contribution in [0.15, 0.2) is 30.6 Å². The lowest BCUT2D eigenvalue weighted by atomic mass is 9.95. The molecule has 0 saturated carbocycles. The molecule has 29 heavy (non-hydrogen) atoms. The number of urea groups is 1. The van der Waals surface area contributed by atoms with Crippen LogP contribution in [-0.2, 0) is 19.5 Å². The third-order valence-electron chi connectivity index (χ3n) is 6.15. The number of nitrogens with zero attached hydrogens (tertiary/aromatic N) is 4. The van der Waals surface area contributed by atoms with Crippen molar-refractivity contribution in [2.24, 2.45) is 5.92 Å². The van der Waals surface area contributed by atoms with E-state index in [0.717, 1.165) is 63.5 Å². The average molecular weight is 415 g/mol. The molecule has 5 rings (SSSR count). The zero-order chi connectivity index (χ0) is 18.9. The standard InChI is InChI=1S/C21H26N6O.ClH/c28-21-25-18-4-2-1-3-16(18)13-27(21)12-15-6-9-26(10-7-15)20-17-11-22-8-5-19(17)23-14-24-20;/h1-4,14-15,22H,5-13H2,(H,25,28);1H. The number of carbonyl (C=O) groups is 1. The highest BCUT2D eigenvalue weighted by atomic mass is 35.5. The van der Waals surface area contributed by atoms with Crippen molar-refractivity contribution >= 4 is 29.9 Å². The van der Waals surface area contributed by atoms with Gasteiger partial charge in [0.2, 0.25) is 0 Å². The van der Waals surface area contributed by atoms with Crippen LogP contribution in [0.3, 0.4) is 0 Å². The monoisotopic (exact) mass is 414 g/mol. The quantitative estimate of drug-likeness (QED) is 0.807. The number of amides is 2. The van der Waals surface area contributed by atoms with Crippen LogP contribution in [-0.4, -0.2) is 47.1 Å². The van der Waals surface area contributed by atoms with Crippen LogP contribution in [0.5, 0.6) is 0 Å². The van der Waals surface area contributed by atoms with Gasteiger partial charge in [0, 0.05) is 56.9 Å². The highest BCUT2D eigenvalue weighted by Crippen LogP contribution is 2.29. The van der Waals surface area contributed by atoms with Gasteiger partial charge in [-0.15, -0.1) is 12.4 Å². The van der Waals surface area contributed by atoms with Gasteiger partial charge >= 0.3 is 6.03 Å². The lowest BCUT2D eigenvalue weighted by Crippen LogP contribution is -2.44. The van der Waals surface area contributed by atoms with Crippen LogP contribution in [0, 0.1) is 5.92 Å². The molecular formula is C21H27ClN6O. The summed E-state index contributed by atoms with van der Waals surface area (Å²) in [5.41, 5.74) is 4.59. The number of piperidine rings is 1. The minimum absolute atomic E-state index is 0. The summed E-state index contributed by atoms with van der Waals surface area (Å²) in [5, 5.41) is 6.46. The van der Waals surface area contributed by atoms with E-state index in [-0.39, 0.29) is 18.4 Å². The van der Waals surface area contributed by atoms with E-state index in [1.54, 1.807) is 6.33 Å². The first kappa shape index (κ1) is 19.9. The van der Waals surface area contributed by atoms with Gasteiger partial charge in [0.05, 0.1) is 5.69 Å². The van der Waals surface area contributed by atoms with Gasteiger partial charge in [-0.1, -0.05) is 18.2 Å². The molecule has 0 bridgehead atoms. The van der Waals surface area contributed by atoms with E-state index in [9.17, 15) is 4.79 Å². The number of benzene rings is 1. The first-order valence-corrected chi connectivity index (χ1v) is 10.2. The normalized spacial score (nSPS) is 19.1. The first-order chi connectivity index (χ1) is 13.8. The molecule has 3 aliphatic heterocycles. The second-order valence-electron chi connectivity index (χ2n) is 7.95. The van der Waals surface area contributed by atoms with Crippen molar-refractivity contribution in [3.63, 3.8) is 0 Å². The molecule has 8 heteroatoms. The van der Waals surface area contributed by atoms with Gasteiger partial charge in [-0.05, 0) is 30.4 Å². The van der Waals surface area contributed by atoms with Crippen molar-refractivity contribution in [2.45, 2.75) is 32.4 Å². The van der Waals surface area contributed by atoms with Gasteiger partial charge < -0.3 is 20.4 Å². The second-order valence-corrected chi connectivity index (χ2v) is 7.95. The van der Waals surface area contributed by atoms with Gasteiger partial charge in [0.1, 0.15) is 12.1 Å². The molecule has 2 aromatic rings. The van der Waals surface area contributed by atoms with E-state index < -0.39 is 0 Å². The molecule has 0 radical (unpaired) electrons. The Labute approximate surface area is 177 Å². The lowest BCUT2D eigenvalue weighted by Gasteiger charge is -2.38. The summed E-state index contributed by atoms with van der Waals surface area (Å²) >= 11 is 0. The van der Waals surface area contributed by atoms with Crippen molar-refractivity contribution in [3.05, 3.63) is 47.4 Å². The number of aromatic nitrogens is 2. The molecular weight excluding hydrogens is 388 g/mol. The molecule has 1 aromatic carbocycles.